The molecule has 3 rings (SSSR count). The van der Waals surface area contributed by atoms with E-state index in [1.165, 1.54) is 6.33 Å². The minimum atomic E-state index is -3.42. The summed E-state index contributed by atoms with van der Waals surface area (Å²) in [7, 11) is -3.42. The molecule has 1 aliphatic rings. The van der Waals surface area contributed by atoms with Crippen LogP contribution in [0.2, 0.25) is 0 Å². The van der Waals surface area contributed by atoms with Crippen molar-refractivity contribution in [3.8, 4) is 0 Å². The van der Waals surface area contributed by atoms with Crippen LogP contribution in [0, 0.1) is 0 Å². The normalized spacial score (nSPS) is 16.8. The van der Waals surface area contributed by atoms with E-state index in [1.54, 1.807) is 28.9 Å². The molecule has 0 spiro atoms. The summed E-state index contributed by atoms with van der Waals surface area (Å²) in [5.74, 6) is 0.597. The topological polar surface area (TPSA) is 64.8 Å². The zero-order valence-electron chi connectivity index (χ0n) is 12.1. The molecule has 1 aliphatic carbocycles. The lowest BCUT2D eigenvalue weighted by Crippen LogP contribution is -2.26. The number of hydrogen-bond acceptors (Lipinski definition) is 4. The summed E-state index contributed by atoms with van der Waals surface area (Å²) in [4.78, 5) is 4.64. The lowest BCUT2D eigenvalue weighted by Gasteiger charge is -2.16. The highest BCUT2D eigenvalue weighted by Crippen LogP contribution is 2.54. The van der Waals surface area contributed by atoms with Crippen molar-refractivity contribution in [2.45, 2.75) is 48.8 Å². The maximum Gasteiger partial charge on any atom is 0.191 e. The number of aromatic nitrogens is 3. The van der Waals surface area contributed by atoms with Gasteiger partial charge in [0.25, 0.3) is 0 Å². The van der Waals surface area contributed by atoms with E-state index in [-0.39, 0.29) is 0 Å². The first-order chi connectivity index (χ1) is 10.1. The van der Waals surface area contributed by atoms with Crippen molar-refractivity contribution in [2.24, 2.45) is 0 Å². The fourth-order valence-corrected chi connectivity index (χ4v) is 4.64. The van der Waals surface area contributed by atoms with Gasteiger partial charge in [-0.3, -0.25) is 0 Å². The van der Waals surface area contributed by atoms with Crippen molar-refractivity contribution in [1.82, 2.24) is 14.8 Å². The standard InChI is InChI=1S/C15H19N3O2S/c1-2-3-11-18-14(16-12-17-18)15(9-10-15)21(19,20)13-7-5-4-6-8-13/h4-8,12H,2-3,9-11H2,1H3. The Bertz CT molecular complexity index is 718. The lowest BCUT2D eigenvalue weighted by atomic mass is 10.3. The average Bonchev–Trinajstić information content (AvgIpc) is 3.19. The fraction of sp³-hybridized carbons (Fsp3) is 0.467. The van der Waals surface area contributed by atoms with Gasteiger partial charge in [0.05, 0.1) is 4.90 Å². The van der Waals surface area contributed by atoms with Gasteiger partial charge in [0, 0.05) is 6.54 Å². The van der Waals surface area contributed by atoms with Crippen molar-refractivity contribution in [3.05, 3.63) is 42.5 Å². The molecule has 0 radical (unpaired) electrons. The van der Waals surface area contributed by atoms with E-state index >= 15 is 0 Å². The largest absolute Gasteiger partial charge is 0.248 e. The Balaban J connectivity index is 2.00. The number of rotatable bonds is 6. The van der Waals surface area contributed by atoms with Crippen LogP contribution >= 0.6 is 0 Å². The van der Waals surface area contributed by atoms with Gasteiger partial charge in [-0.15, -0.1) is 0 Å². The van der Waals surface area contributed by atoms with Crippen LogP contribution in [0.1, 0.15) is 38.4 Å². The SMILES string of the molecule is CCCCn1ncnc1C1(S(=O)(=O)c2ccccc2)CC1. The zero-order chi connectivity index (χ0) is 14.9. The van der Waals surface area contributed by atoms with E-state index in [0.29, 0.717) is 23.6 Å². The molecule has 0 aliphatic heterocycles. The second kappa shape index (κ2) is 5.26. The predicted molar refractivity (Wildman–Crippen MR) is 79.5 cm³/mol. The summed E-state index contributed by atoms with van der Waals surface area (Å²) in [6.07, 6.45) is 4.71. The van der Waals surface area contributed by atoms with Crippen LogP contribution in [0.4, 0.5) is 0 Å². The van der Waals surface area contributed by atoms with Crippen LogP contribution in [0.5, 0.6) is 0 Å². The van der Waals surface area contributed by atoms with Gasteiger partial charge < -0.3 is 0 Å². The number of benzene rings is 1. The van der Waals surface area contributed by atoms with Gasteiger partial charge >= 0.3 is 0 Å². The molecule has 0 saturated heterocycles. The first-order valence-corrected chi connectivity index (χ1v) is 8.78. The Hall–Kier alpha value is -1.69. The summed E-state index contributed by atoms with van der Waals surface area (Å²) >= 11 is 0. The van der Waals surface area contributed by atoms with Crippen LogP contribution in [-0.4, -0.2) is 23.2 Å². The second-order valence-electron chi connectivity index (χ2n) is 5.47. The quantitative estimate of drug-likeness (QED) is 0.822. The number of aryl methyl sites for hydroxylation is 1. The van der Waals surface area contributed by atoms with E-state index in [1.807, 2.05) is 6.07 Å². The monoisotopic (exact) mass is 305 g/mol. The second-order valence-corrected chi connectivity index (χ2v) is 7.73. The Labute approximate surface area is 124 Å². The smallest absolute Gasteiger partial charge is 0.191 e. The average molecular weight is 305 g/mol. The molecule has 6 heteroatoms. The van der Waals surface area contributed by atoms with Crippen molar-refractivity contribution >= 4 is 9.84 Å². The van der Waals surface area contributed by atoms with Gasteiger partial charge in [-0.05, 0) is 31.4 Å². The molecule has 0 unspecified atom stereocenters. The van der Waals surface area contributed by atoms with Crippen LogP contribution in [0.3, 0.4) is 0 Å². The molecule has 0 atom stereocenters. The number of nitrogens with zero attached hydrogens (tertiary/aromatic N) is 3. The van der Waals surface area contributed by atoms with Gasteiger partial charge in [0.1, 0.15) is 16.9 Å². The highest BCUT2D eigenvalue weighted by atomic mass is 32.2. The Morgan fingerprint density at radius 1 is 1.24 bits per heavy atom. The van der Waals surface area contributed by atoms with Crippen LogP contribution < -0.4 is 0 Å². The molecule has 21 heavy (non-hydrogen) atoms. The lowest BCUT2D eigenvalue weighted by molar-refractivity contribution is 0.523. The van der Waals surface area contributed by atoms with E-state index in [2.05, 4.69) is 17.0 Å². The molecule has 0 bridgehead atoms. The molecular formula is C15H19N3O2S. The maximum atomic E-state index is 13.0. The maximum absolute atomic E-state index is 13.0. The summed E-state index contributed by atoms with van der Waals surface area (Å²) in [5.41, 5.74) is 0. The molecule has 1 heterocycles. The van der Waals surface area contributed by atoms with Gasteiger partial charge in [0.2, 0.25) is 0 Å². The molecule has 1 aromatic carbocycles. The Kier molecular flexibility index (Phi) is 3.57. The summed E-state index contributed by atoms with van der Waals surface area (Å²) in [6, 6.07) is 8.64. The first kappa shape index (κ1) is 14.3. The highest BCUT2D eigenvalue weighted by Gasteiger charge is 2.59. The van der Waals surface area contributed by atoms with Crippen molar-refractivity contribution in [3.63, 3.8) is 0 Å². The molecule has 2 aromatic rings. The molecule has 5 nitrogen and oxygen atoms in total. The summed E-state index contributed by atoms with van der Waals surface area (Å²) in [6.45, 7) is 2.82. The molecule has 1 saturated carbocycles. The van der Waals surface area contributed by atoms with Gasteiger partial charge in [-0.25, -0.2) is 18.1 Å². The van der Waals surface area contributed by atoms with Crippen LogP contribution in [-0.2, 0) is 21.1 Å². The van der Waals surface area contributed by atoms with Gasteiger partial charge in [-0.2, -0.15) is 5.10 Å². The Morgan fingerprint density at radius 2 is 1.95 bits per heavy atom. The molecule has 0 N–H and O–H groups in total. The van der Waals surface area contributed by atoms with Crippen molar-refractivity contribution < 1.29 is 8.42 Å². The van der Waals surface area contributed by atoms with E-state index in [0.717, 1.165) is 19.4 Å². The van der Waals surface area contributed by atoms with E-state index in [9.17, 15) is 8.42 Å². The molecular weight excluding hydrogens is 286 g/mol. The number of sulfone groups is 1. The fourth-order valence-electron chi connectivity index (χ4n) is 2.64. The molecule has 1 aromatic heterocycles. The molecule has 1 fully saturated rings. The first-order valence-electron chi connectivity index (χ1n) is 7.30. The third-order valence-corrected chi connectivity index (χ3v) is 6.53. The van der Waals surface area contributed by atoms with Crippen LogP contribution in [0.15, 0.2) is 41.6 Å². The minimum Gasteiger partial charge on any atom is -0.248 e. The molecule has 112 valence electrons. The van der Waals surface area contributed by atoms with E-state index in [4.69, 9.17) is 0 Å². The van der Waals surface area contributed by atoms with E-state index < -0.39 is 14.6 Å². The number of unbranched alkanes of at least 4 members (excludes halogenated alkanes) is 1. The zero-order valence-corrected chi connectivity index (χ0v) is 12.9. The van der Waals surface area contributed by atoms with Crippen molar-refractivity contribution in [1.29, 1.82) is 0 Å². The van der Waals surface area contributed by atoms with Crippen molar-refractivity contribution in [2.75, 3.05) is 0 Å². The third kappa shape index (κ3) is 2.27. The highest BCUT2D eigenvalue weighted by molar-refractivity contribution is 7.92. The molecule has 0 amide bonds. The minimum absolute atomic E-state index is 0.368. The van der Waals surface area contributed by atoms with Gasteiger partial charge in [-0.1, -0.05) is 31.5 Å². The summed E-state index contributed by atoms with van der Waals surface area (Å²) < 4.78 is 26.8. The predicted octanol–water partition coefficient (Wildman–Crippen LogP) is 2.54. The third-order valence-electron chi connectivity index (χ3n) is 4.02. The Morgan fingerprint density at radius 3 is 2.57 bits per heavy atom. The summed E-state index contributed by atoms with van der Waals surface area (Å²) in [5, 5.41) is 4.21. The van der Waals surface area contributed by atoms with Crippen LogP contribution in [0.25, 0.3) is 0 Å². The number of hydrogen-bond donors (Lipinski definition) is 0. The van der Waals surface area contributed by atoms with Gasteiger partial charge in [0.15, 0.2) is 9.84 Å².